The highest BCUT2D eigenvalue weighted by Gasteiger charge is 2.52. The first-order chi connectivity index (χ1) is 10.3. The highest BCUT2D eigenvalue weighted by Crippen LogP contribution is 2.42. The molecule has 0 spiro atoms. The van der Waals surface area contributed by atoms with Crippen molar-refractivity contribution in [3.8, 4) is 0 Å². The zero-order valence-electron chi connectivity index (χ0n) is 12.4. The second-order valence-corrected chi connectivity index (χ2v) is 5.61. The second kappa shape index (κ2) is 5.04. The number of nitrogens with zero attached hydrogens (tertiary/aromatic N) is 1. The normalized spacial score (nSPS) is 29.3. The molecule has 22 heavy (non-hydrogen) atoms. The number of nitrogens with one attached hydrogen (secondary N) is 1. The number of ether oxygens (including phenoxy) is 4. The van der Waals surface area contributed by atoms with Crippen molar-refractivity contribution in [1.82, 2.24) is 10.2 Å². The molecule has 3 heterocycles. The number of nitrogens with two attached hydrogens (primary N) is 1. The Balaban J connectivity index is 1.99. The molecule has 2 saturated heterocycles. The summed E-state index contributed by atoms with van der Waals surface area (Å²) in [6.07, 6.45) is -1.30. The minimum absolute atomic E-state index is 0.0334. The number of aromatic nitrogens is 2. The molecule has 0 aliphatic carbocycles. The summed E-state index contributed by atoms with van der Waals surface area (Å²) in [7, 11) is 1.21. The lowest BCUT2D eigenvalue weighted by molar-refractivity contribution is -0.176. The Morgan fingerprint density at radius 3 is 2.77 bits per heavy atom. The molecule has 3 rings (SSSR count). The van der Waals surface area contributed by atoms with E-state index >= 15 is 0 Å². The average molecular weight is 311 g/mol. The number of carbonyl (C=O) groups excluding carboxylic acids is 2. The zero-order valence-corrected chi connectivity index (χ0v) is 12.4. The van der Waals surface area contributed by atoms with E-state index in [4.69, 9.17) is 24.7 Å². The van der Waals surface area contributed by atoms with Gasteiger partial charge in [0.05, 0.1) is 19.4 Å². The molecule has 2 aliphatic heterocycles. The average Bonchev–Trinajstić information content (AvgIpc) is 3.08. The number of rotatable bonds is 3. The number of hydrogen-bond acceptors (Lipinski definition) is 7. The molecular formula is C13H17N3O6. The SMILES string of the molecule is COC(=O)c1c(C(N)=O)n[nH]c1C1OCC2OC(C)(C)OC21. The summed E-state index contributed by atoms with van der Waals surface area (Å²) in [5, 5.41) is 6.44. The van der Waals surface area contributed by atoms with Crippen molar-refractivity contribution in [3.63, 3.8) is 0 Å². The smallest absolute Gasteiger partial charge is 0.342 e. The van der Waals surface area contributed by atoms with Crippen molar-refractivity contribution in [2.45, 2.75) is 37.9 Å². The third-order valence-electron chi connectivity index (χ3n) is 3.66. The molecule has 2 fully saturated rings. The van der Waals surface area contributed by atoms with Crippen molar-refractivity contribution in [2.24, 2.45) is 5.73 Å². The molecule has 1 amide bonds. The molecule has 3 N–H and O–H groups in total. The fraction of sp³-hybridized carbons (Fsp3) is 0.615. The predicted molar refractivity (Wildman–Crippen MR) is 71.0 cm³/mol. The van der Waals surface area contributed by atoms with Gasteiger partial charge in [0.25, 0.3) is 5.91 Å². The van der Waals surface area contributed by atoms with Crippen molar-refractivity contribution >= 4 is 11.9 Å². The van der Waals surface area contributed by atoms with Crippen molar-refractivity contribution in [3.05, 3.63) is 17.0 Å². The van der Waals surface area contributed by atoms with Gasteiger partial charge in [0.15, 0.2) is 11.5 Å². The van der Waals surface area contributed by atoms with Crippen molar-refractivity contribution < 1.29 is 28.5 Å². The number of aromatic amines is 1. The van der Waals surface area contributed by atoms with Crippen LogP contribution in [0.1, 0.15) is 46.5 Å². The molecule has 3 unspecified atom stereocenters. The summed E-state index contributed by atoms with van der Waals surface area (Å²) in [6.45, 7) is 3.90. The van der Waals surface area contributed by atoms with Gasteiger partial charge in [-0.3, -0.25) is 9.89 Å². The topological polar surface area (TPSA) is 126 Å². The predicted octanol–water partition coefficient (Wildman–Crippen LogP) is -0.113. The van der Waals surface area contributed by atoms with Gasteiger partial charge in [0.1, 0.15) is 23.9 Å². The van der Waals surface area contributed by atoms with Gasteiger partial charge in [-0.15, -0.1) is 0 Å². The maximum absolute atomic E-state index is 12.0. The van der Waals surface area contributed by atoms with E-state index in [9.17, 15) is 9.59 Å². The maximum Gasteiger partial charge on any atom is 0.342 e. The van der Waals surface area contributed by atoms with E-state index in [0.29, 0.717) is 12.3 Å². The molecular weight excluding hydrogens is 294 g/mol. The van der Waals surface area contributed by atoms with Crippen LogP contribution in [0.15, 0.2) is 0 Å². The van der Waals surface area contributed by atoms with E-state index < -0.39 is 29.9 Å². The molecule has 0 bridgehead atoms. The van der Waals surface area contributed by atoms with Crippen LogP contribution in [0.25, 0.3) is 0 Å². The molecule has 0 saturated carbocycles. The number of methoxy groups -OCH3 is 1. The van der Waals surface area contributed by atoms with Crippen LogP contribution >= 0.6 is 0 Å². The van der Waals surface area contributed by atoms with Gasteiger partial charge < -0.3 is 24.7 Å². The maximum atomic E-state index is 12.0. The van der Waals surface area contributed by atoms with Crippen LogP contribution in [0.3, 0.4) is 0 Å². The van der Waals surface area contributed by atoms with Crippen LogP contribution in [0, 0.1) is 0 Å². The minimum atomic E-state index is -0.832. The lowest BCUT2D eigenvalue weighted by atomic mass is 10.0. The summed E-state index contributed by atoms with van der Waals surface area (Å²) in [5.74, 6) is -2.29. The van der Waals surface area contributed by atoms with Crippen LogP contribution in [-0.2, 0) is 18.9 Å². The summed E-state index contributed by atoms with van der Waals surface area (Å²) < 4.78 is 21.9. The molecule has 120 valence electrons. The van der Waals surface area contributed by atoms with E-state index in [-0.39, 0.29) is 17.4 Å². The fourth-order valence-electron chi connectivity index (χ4n) is 2.84. The van der Waals surface area contributed by atoms with Crippen LogP contribution in [0.5, 0.6) is 0 Å². The first kappa shape index (κ1) is 14.9. The number of fused-ring (bicyclic) bond motifs is 1. The van der Waals surface area contributed by atoms with Crippen LogP contribution in [-0.4, -0.2) is 53.8 Å². The third-order valence-corrected chi connectivity index (χ3v) is 3.66. The quantitative estimate of drug-likeness (QED) is 0.746. The largest absolute Gasteiger partial charge is 0.465 e. The Kier molecular flexibility index (Phi) is 3.42. The molecule has 1 aromatic rings. The number of hydrogen-bond donors (Lipinski definition) is 2. The van der Waals surface area contributed by atoms with Gasteiger partial charge in [-0.05, 0) is 13.8 Å². The highest BCUT2D eigenvalue weighted by atomic mass is 16.8. The number of primary amides is 1. The summed E-state index contributed by atoms with van der Waals surface area (Å²) in [5.41, 5.74) is 5.32. The van der Waals surface area contributed by atoms with Crippen LogP contribution in [0.4, 0.5) is 0 Å². The number of H-pyrrole nitrogens is 1. The summed E-state index contributed by atoms with van der Waals surface area (Å²) in [6, 6.07) is 0. The van der Waals surface area contributed by atoms with Crippen molar-refractivity contribution in [1.29, 1.82) is 0 Å². The van der Waals surface area contributed by atoms with Gasteiger partial charge in [-0.25, -0.2) is 4.79 Å². The Bertz CT molecular complexity index is 625. The van der Waals surface area contributed by atoms with Crippen LogP contribution < -0.4 is 5.73 Å². The number of esters is 1. The molecule has 0 aromatic carbocycles. The van der Waals surface area contributed by atoms with Crippen LogP contribution in [0.2, 0.25) is 0 Å². The molecule has 2 aliphatic rings. The lowest BCUT2D eigenvalue weighted by Gasteiger charge is -2.21. The Morgan fingerprint density at radius 2 is 2.14 bits per heavy atom. The van der Waals surface area contributed by atoms with Crippen molar-refractivity contribution in [2.75, 3.05) is 13.7 Å². The molecule has 3 atom stereocenters. The lowest BCUT2D eigenvalue weighted by Crippen LogP contribution is -2.26. The molecule has 9 heteroatoms. The minimum Gasteiger partial charge on any atom is -0.465 e. The highest BCUT2D eigenvalue weighted by molar-refractivity contribution is 6.04. The second-order valence-electron chi connectivity index (χ2n) is 5.61. The van der Waals surface area contributed by atoms with Gasteiger partial charge in [-0.1, -0.05) is 0 Å². The van der Waals surface area contributed by atoms with Gasteiger partial charge in [0.2, 0.25) is 0 Å². The monoisotopic (exact) mass is 311 g/mol. The van der Waals surface area contributed by atoms with Gasteiger partial charge in [0, 0.05) is 0 Å². The molecule has 9 nitrogen and oxygen atoms in total. The Labute approximate surface area is 126 Å². The van der Waals surface area contributed by atoms with E-state index in [1.165, 1.54) is 7.11 Å². The standard InChI is InChI=1S/C13H17N3O6/c1-13(2)21-5-4-20-10(9(5)22-13)7-6(12(18)19-3)8(11(14)17)16-15-7/h5,9-10H,4H2,1-3H3,(H2,14,17)(H,15,16). The third kappa shape index (κ3) is 2.27. The Hall–Kier alpha value is -1.97. The number of carbonyl (C=O) groups is 2. The fourth-order valence-corrected chi connectivity index (χ4v) is 2.84. The summed E-state index contributed by atoms with van der Waals surface area (Å²) in [4.78, 5) is 23.4. The van der Waals surface area contributed by atoms with Gasteiger partial charge in [-0.2, -0.15) is 5.10 Å². The first-order valence-corrected chi connectivity index (χ1v) is 6.77. The first-order valence-electron chi connectivity index (χ1n) is 6.77. The van der Waals surface area contributed by atoms with E-state index in [1.807, 2.05) is 0 Å². The van der Waals surface area contributed by atoms with E-state index in [1.54, 1.807) is 13.8 Å². The van der Waals surface area contributed by atoms with Gasteiger partial charge >= 0.3 is 5.97 Å². The molecule has 1 aromatic heterocycles. The number of amides is 1. The van der Waals surface area contributed by atoms with E-state index in [0.717, 1.165) is 0 Å². The zero-order chi connectivity index (χ0) is 16.1. The molecule has 0 radical (unpaired) electrons. The Morgan fingerprint density at radius 1 is 1.41 bits per heavy atom. The van der Waals surface area contributed by atoms with E-state index in [2.05, 4.69) is 10.2 Å². The summed E-state index contributed by atoms with van der Waals surface area (Å²) >= 11 is 0.